The Bertz CT molecular complexity index is 582. The van der Waals surface area contributed by atoms with Crippen LogP contribution in [0.15, 0.2) is 18.2 Å². The van der Waals surface area contributed by atoms with Crippen molar-refractivity contribution in [3.8, 4) is 5.75 Å². The lowest BCUT2D eigenvalue weighted by Gasteiger charge is -2.31. The number of carbonyl (C=O) groups is 1. The molecule has 1 aliphatic carbocycles. The van der Waals surface area contributed by atoms with Crippen LogP contribution >= 0.6 is 11.6 Å². The van der Waals surface area contributed by atoms with E-state index in [1.807, 2.05) is 6.92 Å². The summed E-state index contributed by atoms with van der Waals surface area (Å²) in [6.45, 7) is 1.92. The molecule has 0 heterocycles. The molecular weight excluding hydrogens is 336 g/mol. The Morgan fingerprint density at radius 1 is 1.39 bits per heavy atom. The van der Waals surface area contributed by atoms with E-state index in [4.69, 9.17) is 16.3 Å². The largest absolute Gasteiger partial charge is 0.497 e. The first-order valence-corrected chi connectivity index (χ1v) is 9.59. The molecule has 0 spiro atoms. The maximum absolute atomic E-state index is 12.2. The number of nitrogens with one attached hydrogen (secondary N) is 2. The lowest BCUT2D eigenvalue weighted by molar-refractivity contribution is 0.244. The molecule has 0 aliphatic heterocycles. The molecule has 1 aliphatic rings. The number of anilines is 1. The first-order chi connectivity index (χ1) is 11.0. The summed E-state index contributed by atoms with van der Waals surface area (Å²) < 4.78 is 17.2. The molecule has 1 saturated carbocycles. The van der Waals surface area contributed by atoms with Crippen LogP contribution in [-0.4, -0.2) is 34.4 Å². The molecule has 0 bridgehead atoms. The van der Waals surface area contributed by atoms with Gasteiger partial charge in [0.15, 0.2) is 0 Å². The summed E-state index contributed by atoms with van der Waals surface area (Å²) in [4.78, 5) is 12.2. The molecule has 0 aromatic heterocycles. The number of amides is 2. The average Bonchev–Trinajstić information content (AvgIpc) is 2.56. The van der Waals surface area contributed by atoms with Crippen LogP contribution < -0.4 is 15.4 Å². The van der Waals surface area contributed by atoms with Gasteiger partial charge in [-0.05, 0) is 25.0 Å². The molecule has 5 nitrogen and oxygen atoms in total. The maximum Gasteiger partial charge on any atom is 0.319 e. The fourth-order valence-corrected chi connectivity index (χ4v) is 4.49. The van der Waals surface area contributed by atoms with Crippen LogP contribution in [0.25, 0.3) is 0 Å². The van der Waals surface area contributed by atoms with Gasteiger partial charge in [0.1, 0.15) is 5.75 Å². The number of benzene rings is 1. The number of methoxy groups -OCH3 is 1. The van der Waals surface area contributed by atoms with E-state index in [1.54, 1.807) is 25.3 Å². The minimum absolute atomic E-state index is 0.0332. The molecule has 7 heteroatoms. The number of rotatable bonds is 5. The first-order valence-electron chi connectivity index (χ1n) is 7.83. The molecule has 2 rings (SSSR count). The molecule has 1 aromatic rings. The summed E-state index contributed by atoms with van der Waals surface area (Å²) in [7, 11) is 0.658. The normalized spacial score (nSPS) is 22.2. The topological polar surface area (TPSA) is 67.4 Å². The van der Waals surface area contributed by atoms with Gasteiger partial charge in [0.2, 0.25) is 0 Å². The van der Waals surface area contributed by atoms with Crippen LogP contribution in [0.1, 0.15) is 32.6 Å². The monoisotopic (exact) mass is 358 g/mol. The van der Waals surface area contributed by atoms with Gasteiger partial charge >= 0.3 is 6.03 Å². The van der Waals surface area contributed by atoms with Gasteiger partial charge in [0.05, 0.1) is 23.1 Å². The number of ether oxygens (including phenoxy) is 1. The predicted octanol–water partition coefficient (Wildman–Crippen LogP) is 3.55. The van der Waals surface area contributed by atoms with Gasteiger partial charge in [-0.3, -0.25) is 4.21 Å². The Morgan fingerprint density at radius 3 is 2.78 bits per heavy atom. The van der Waals surface area contributed by atoms with E-state index in [1.165, 1.54) is 0 Å². The van der Waals surface area contributed by atoms with E-state index < -0.39 is 10.8 Å². The van der Waals surface area contributed by atoms with Crippen molar-refractivity contribution in [2.45, 2.75) is 43.9 Å². The SMILES string of the molecule is CC[S@@](=O)[C@H]1CCCC[C@@H]1NC(=O)Nc1ccc(OC)cc1Cl. The fourth-order valence-electron chi connectivity index (χ4n) is 2.84. The molecule has 1 aromatic carbocycles. The van der Waals surface area contributed by atoms with Gasteiger partial charge in [-0.2, -0.15) is 0 Å². The summed E-state index contributed by atoms with van der Waals surface area (Å²) >= 11 is 6.13. The van der Waals surface area contributed by atoms with E-state index >= 15 is 0 Å². The average molecular weight is 359 g/mol. The maximum atomic E-state index is 12.2. The van der Waals surface area contributed by atoms with Gasteiger partial charge in [0, 0.05) is 28.7 Å². The predicted molar refractivity (Wildman–Crippen MR) is 94.9 cm³/mol. The molecule has 0 radical (unpaired) electrons. The number of hydrogen-bond acceptors (Lipinski definition) is 3. The molecule has 2 amide bonds. The number of halogens is 1. The quantitative estimate of drug-likeness (QED) is 0.845. The summed E-state index contributed by atoms with van der Waals surface area (Å²) in [6.07, 6.45) is 3.88. The van der Waals surface area contributed by atoms with E-state index in [-0.39, 0.29) is 17.3 Å². The van der Waals surface area contributed by atoms with Gasteiger partial charge in [-0.15, -0.1) is 0 Å². The van der Waals surface area contributed by atoms with Crippen LogP contribution in [-0.2, 0) is 10.8 Å². The Kier molecular flexibility index (Phi) is 6.72. The smallest absolute Gasteiger partial charge is 0.319 e. The molecular formula is C16H23ClN2O3S. The highest BCUT2D eigenvalue weighted by molar-refractivity contribution is 7.85. The highest BCUT2D eigenvalue weighted by Gasteiger charge is 2.30. The van der Waals surface area contributed by atoms with Gasteiger partial charge in [-0.1, -0.05) is 31.4 Å². The Hall–Kier alpha value is -1.27. The molecule has 128 valence electrons. The molecule has 0 saturated heterocycles. The number of carbonyl (C=O) groups excluding carboxylic acids is 1. The van der Waals surface area contributed by atoms with E-state index in [0.717, 1.165) is 25.7 Å². The zero-order chi connectivity index (χ0) is 16.8. The molecule has 3 atom stereocenters. The van der Waals surface area contributed by atoms with Crippen molar-refractivity contribution < 1.29 is 13.7 Å². The Labute approximate surface area is 144 Å². The fraction of sp³-hybridized carbons (Fsp3) is 0.562. The summed E-state index contributed by atoms with van der Waals surface area (Å²) in [6, 6.07) is 4.70. The Balaban J connectivity index is 1.99. The van der Waals surface area contributed by atoms with Crippen molar-refractivity contribution in [2.24, 2.45) is 0 Å². The third-order valence-electron chi connectivity index (χ3n) is 4.07. The van der Waals surface area contributed by atoms with Crippen LogP contribution in [0, 0.1) is 0 Å². The van der Waals surface area contributed by atoms with Crippen molar-refractivity contribution in [2.75, 3.05) is 18.2 Å². The lowest BCUT2D eigenvalue weighted by Crippen LogP contribution is -2.48. The van der Waals surface area contributed by atoms with Crippen molar-refractivity contribution in [1.29, 1.82) is 0 Å². The van der Waals surface area contributed by atoms with Crippen LogP contribution in [0.5, 0.6) is 5.75 Å². The van der Waals surface area contributed by atoms with Gasteiger partial charge in [-0.25, -0.2) is 4.79 Å². The molecule has 23 heavy (non-hydrogen) atoms. The van der Waals surface area contributed by atoms with Crippen molar-refractivity contribution in [3.63, 3.8) is 0 Å². The lowest BCUT2D eigenvalue weighted by atomic mass is 9.95. The van der Waals surface area contributed by atoms with Crippen LogP contribution in [0.4, 0.5) is 10.5 Å². The molecule has 1 fully saturated rings. The van der Waals surface area contributed by atoms with Crippen LogP contribution in [0.2, 0.25) is 5.02 Å². The second-order valence-electron chi connectivity index (χ2n) is 5.54. The summed E-state index contributed by atoms with van der Waals surface area (Å²) in [5.41, 5.74) is 0.522. The second-order valence-corrected chi connectivity index (χ2v) is 7.89. The zero-order valence-corrected chi connectivity index (χ0v) is 15.0. The van der Waals surface area contributed by atoms with E-state index in [0.29, 0.717) is 22.2 Å². The van der Waals surface area contributed by atoms with Gasteiger partial charge < -0.3 is 15.4 Å². The minimum Gasteiger partial charge on any atom is -0.497 e. The standard InChI is InChI=1S/C16H23ClN2O3S/c1-3-23(21)15-7-5-4-6-14(15)19-16(20)18-13-9-8-11(22-2)10-12(13)17/h8-10,14-15H,3-7H2,1-2H3,(H2,18,19,20)/t14-,15-,23+/m0/s1. The highest BCUT2D eigenvalue weighted by Crippen LogP contribution is 2.27. The van der Waals surface area contributed by atoms with Gasteiger partial charge in [0.25, 0.3) is 0 Å². The van der Waals surface area contributed by atoms with Crippen molar-refractivity contribution >= 4 is 34.1 Å². The summed E-state index contributed by atoms with van der Waals surface area (Å²) in [5.74, 6) is 1.25. The number of hydrogen-bond donors (Lipinski definition) is 2. The summed E-state index contributed by atoms with van der Waals surface area (Å²) in [5, 5.41) is 6.15. The molecule has 0 unspecified atom stereocenters. The third-order valence-corrected chi connectivity index (χ3v) is 6.19. The van der Waals surface area contributed by atoms with Crippen molar-refractivity contribution in [3.05, 3.63) is 23.2 Å². The highest BCUT2D eigenvalue weighted by atomic mass is 35.5. The Morgan fingerprint density at radius 2 is 2.13 bits per heavy atom. The van der Waals surface area contributed by atoms with Crippen molar-refractivity contribution in [1.82, 2.24) is 5.32 Å². The van der Waals surface area contributed by atoms with E-state index in [2.05, 4.69) is 10.6 Å². The second kappa shape index (κ2) is 8.55. The number of urea groups is 1. The zero-order valence-electron chi connectivity index (χ0n) is 13.4. The minimum atomic E-state index is -0.900. The first kappa shape index (κ1) is 18.1. The molecule has 2 N–H and O–H groups in total. The third kappa shape index (κ3) is 4.85. The van der Waals surface area contributed by atoms with E-state index in [9.17, 15) is 9.00 Å². The van der Waals surface area contributed by atoms with Crippen LogP contribution in [0.3, 0.4) is 0 Å².